The van der Waals surface area contributed by atoms with Crippen molar-refractivity contribution in [3.05, 3.63) is 29.8 Å². The third kappa shape index (κ3) is 5.96. The number of hydrogen-bond donors (Lipinski definition) is 1. The van der Waals surface area contributed by atoms with Crippen LogP contribution >= 0.6 is 0 Å². The lowest BCUT2D eigenvalue weighted by Crippen LogP contribution is -2.36. The molecule has 0 aliphatic carbocycles. The van der Waals surface area contributed by atoms with Crippen LogP contribution in [0.15, 0.2) is 18.2 Å². The number of unbranched alkanes of at least 4 members (excludes halogenated alkanes) is 1. The van der Waals surface area contributed by atoms with Gasteiger partial charge in [-0.3, -0.25) is 0 Å². The van der Waals surface area contributed by atoms with Crippen molar-refractivity contribution in [3.8, 4) is 5.75 Å². The number of hydrogen-bond acceptors (Lipinski definition) is 2. The van der Waals surface area contributed by atoms with E-state index in [0.29, 0.717) is 12.4 Å². The van der Waals surface area contributed by atoms with Gasteiger partial charge in [0.1, 0.15) is 5.75 Å². The lowest BCUT2D eigenvalue weighted by atomic mass is 10.1. The van der Waals surface area contributed by atoms with Crippen molar-refractivity contribution >= 4 is 0 Å². The first-order valence-electron chi connectivity index (χ1n) is 6.21. The van der Waals surface area contributed by atoms with E-state index in [1.165, 1.54) is 6.07 Å². The highest BCUT2D eigenvalue weighted by molar-refractivity contribution is 5.23. The fourth-order valence-corrected chi connectivity index (χ4v) is 1.45. The van der Waals surface area contributed by atoms with Crippen LogP contribution in [0.4, 0.5) is 8.78 Å². The van der Waals surface area contributed by atoms with Crippen molar-refractivity contribution in [1.82, 2.24) is 5.32 Å². The number of ether oxygens (including phenoxy) is 1. The van der Waals surface area contributed by atoms with E-state index in [0.717, 1.165) is 31.5 Å². The van der Waals surface area contributed by atoms with Gasteiger partial charge in [-0.2, -0.15) is 0 Å². The van der Waals surface area contributed by atoms with Crippen LogP contribution < -0.4 is 10.1 Å². The molecule has 4 heteroatoms. The van der Waals surface area contributed by atoms with E-state index in [1.54, 1.807) is 0 Å². The van der Waals surface area contributed by atoms with E-state index < -0.39 is 11.6 Å². The SMILES string of the molecule is CC(C)(C)NCCCCOc1ccc(F)c(F)c1. The van der Waals surface area contributed by atoms with Crippen LogP contribution in [0, 0.1) is 11.6 Å². The minimum absolute atomic E-state index is 0.126. The van der Waals surface area contributed by atoms with Gasteiger partial charge in [0.15, 0.2) is 11.6 Å². The van der Waals surface area contributed by atoms with E-state index in [2.05, 4.69) is 26.1 Å². The first-order valence-corrected chi connectivity index (χ1v) is 6.21. The summed E-state index contributed by atoms with van der Waals surface area (Å²) in [5, 5.41) is 3.37. The van der Waals surface area contributed by atoms with Crippen molar-refractivity contribution in [2.75, 3.05) is 13.2 Å². The molecule has 18 heavy (non-hydrogen) atoms. The largest absolute Gasteiger partial charge is 0.493 e. The molecule has 0 fully saturated rings. The zero-order chi connectivity index (χ0) is 13.6. The van der Waals surface area contributed by atoms with E-state index in [-0.39, 0.29) is 5.54 Å². The summed E-state index contributed by atoms with van der Waals surface area (Å²) in [6, 6.07) is 3.58. The molecule has 1 aromatic carbocycles. The van der Waals surface area contributed by atoms with Gasteiger partial charge < -0.3 is 10.1 Å². The van der Waals surface area contributed by atoms with Crippen LogP contribution in [0.5, 0.6) is 5.75 Å². The summed E-state index contributed by atoms with van der Waals surface area (Å²) in [5.74, 6) is -1.35. The van der Waals surface area contributed by atoms with Crippen molar-refractivity contribution < 1.29 is 13.5 Å². The molecule has 0 saturated heterocycles. The molecule has 102 valence electrons. The molecular weight excluding hydrogens is 236 g/mol. The molecule has 0 saturated carbocycles. The van der Waals surface area contributed by atoms with Crippen molar-refractivity contribution in [3.63, 3.8) is 0 Å². The monoisotopic (exact) mass is 257 g/mol. The third-order valence-electron chi connectivity index (χ3n) is 2.39. The lowest BCUT2D eigenvalue weighted by molar-refractivity contribution is 0.299. The first kappa shape index (κ1) is 14.9. The van der Waals surface area contributed by atoms with Crippen molar-refractivity contribution in [1.29, 1.82) is 0 Å². The second-order valence-electron chi connectivity index (χ2n) is 5.31. The van der Waals surface area contributed by atoms with E-state index >= 15 is 0 Å². The average Bonchev–Trinajstić information content (AvgIpc) is 2.26. The molecule has 0 aromatic heterocycles. The van der Waals surface area contributed by atoms with Crippen LogP contribution in [0.1, 0.15) is 33.6 Å². The van der Waals surface area contributed by atoms with Gasteiger partial charge >= 0.3 is 0 Å². The van der Waals surface area contributed by atoms with Gasteiger partial charge in [0, 0.05) is 11.6 Å². The molecule has 0 aliphatic rings. The van der Waals surface area contributed by atoms with Crippen molar-refractivity contribution in [2.45, 2.75) is 39.2 Å². The Labute approximate surface area is 107 Å². The summed E-state index contributed by atoms with van der Waals surface area (Å²) in [7, 11) is 0. The third-order valence-corrected chi connectivity index (χ3v) is 2.39. The smallest absolute Gasteiger partial charge is 0.162 e. The fourth-order valence-electron chi connectivity index (χ4n) is 1.45. The summed E-state index contributed by atoms with van der Waals surface area (Å²) in [5.41, 5.74) is 0.126. The molecule has 0 radical (unpaired) electrons. The molecule has 0 unspecified atom stereocenters. The second-order valence-corrected chi connectivity index (χ2v) is 5.31. The lowest BCUT2D eigenvalue weighted by Gasteiger charge is -2.20. The van der Waals surface area contributed by atoms with Crippen LogP contribution in [-0.4, -0.2) is 18.7 Å². The van der Waals surface area contributed by atoms with Crippen molar-refractivity contribution in [2.24, 2.45) is 0 Å². The zero-order valence-electron chi connectivity index (χ0n) is 11.2. The van der Waals surface area contributed by atoms with Gasteiger partial charge in [0.2, 0.25) is 0 Å². The van der Waals surface area contributed by atoms with Gasteiger partial charge in [0.05, 0.1) is 6.61 Å². The highest BCUT2D eigenvalue weighted by atomic mass is 19.2. The number of rotatable bonds is 6. The molecule has 0 heterocycles. The Morgan fingerprint density at radius 2 is 1.83 bits per heavy atom. The summed E-state index contributed by atoms with van der Waals surface area (Å²) in [6.07, 6.45) is 1.86. The summed E-state index contributed by atoms with van der Waals surface area (Å²) in [6.45, 7) is 7.78. The molecule has 0 spiro atoms. The summed E-state index contributed by atoms with van der Waals surface area (Å²) < 4.78 is 30.9. The number of nitrogens with one attached hydrogen (secondary N) is 1. The Morgan fingerprint density at radius 3 is 2.44 bits per heavy atom. The Hall–Kier alpha value is -1.16. The maximum Gasteiger partial charge on any atom is 0.162 e. The molecule has 1 aromatic rings. The Kier molecular flexibility index (Phi) is 5.54. The van der Waals surface area contributed by atoms with Crippen LogP contribution in [0.3, 0.4) is 0 Å². The molecule has 0 bridgehead atoms. The van der Waals surface area contributed by atoms with E-state index in [9.17, 15) is 8.78 Å². The maximum atomic E-state index is 12.9. The molecule has 1 rings (SSSR count). The Bertz CT molecular complexity index is 375. The minimum Gasteiger partial charge on any atom is -0.493 e. The summed E-state index contributed by atoms with van der Waals surface area (Å²) in [4.78, 5) is 0. The molecule has 2 nitrogen and oxygen atoms in total. The van der Waals surface area contributed by atoms with Gasteiger partial charge in [-0.05, 0) is 52.3 Å². The standard InChI is InChI=1S/C14H21F2NO/c1-14(2,3)17-8-4-5-9-18-11-6-7-12(15)13(16)10-11/h6-7,10,17H,4-5,8-9H2,1-3H3. The highest BCUT2D eigenvalue weighted by Crippen LogP contribution is 2.15. The Balaban J connectivity index is 2.16. The predicted octanol–water partition coefficient (Wildman–Crippen LogP) is 3.51. The van der Waals surface area contributed by atoms with Gasteiger partial charge in [-0.1, -0.05) is 0 Å². The quantitative estimate of drug-likeness (QED) is 0.787. The zero-order valence-corrected chi connectivity index (χ0v) is 11.2. The second kappa shape index (κ2) is 6.69. The number of benzene rings is 1. The van der Waals surface area contributed by atoms with E-state index in [1.807, 2.05) is 0 Å². The van der Waals surface area contributed by atoms with Gasteiger partial charge in [0.25, 0.3) is 0 Å². The summed E-state index contributed by atoms with van der Waals surface area (Å²) >= 11 is 0. The fraction of sp³-hybridized carbons (Fsp3) is 0.571. The molecule has 1 N–H and O–H groups in total. The van der Waals surface area contributed by atoms with E-state index in [4.69, 9.17) is 4.74 Å². The van der Waals surface area contributed by atoms with Crippen LogP contribution in [-0.2, 0) is 0 Å². The highest BCUT2D eigenvalue weighted by Gasteiger charge is 2.07. The van der Waals surface area contributed by atoms with Crippen LogP contribution in [0.2, 0.25) is 0 Å². The van der Waals surface area contributed by atoms with Crippen LogP contribution in [0.25, 0.3) is 0 Å². The van der Waals surface area contributed by atoms with Gasteiger partial charge in [-0.25, -0.2) is 8.78 Å². The molecule has 0 aliphatic heterocycles. The molecule has 0 atom stereocenters. The average molecular weight is 257 g/mol. The minimum atomic E-state index is -0.873. The first-order chi connectivity index (χ1) is 8.38. The Morgan fingerprint density at radius 1 is 1.11 bits per heavy atom. The normalized spacial score (nSPS) is 11.6. The van der Waals surface area contributed by atoms with Gasteiger partial charge in [-0.15, -0.1) is 0 Å². The molecular formula is C14H21F2NO. The topological polar surface area (TPSA) is 21.3 Å². The maximum absolute atomic E-state index is 12.9. The predicted molar refractivity (Wildman–Crippen MR) is 68.8 cm³/mol. The number of halogens is 2. The molecule has 0 amide bonds.